The van der Waals surface area contributed by atoms with Crippen molar-refractivity contribution in [3.8, 4) is 11.5 Å². The van der Waals surface area contributed by atoms with Gasteiger partial charge in [-0.15, -0.1) is 0 Å². The molecule has 1 aliphatic carbocycles. The molecule has 0 radical (unpaired) electrons. The lowest BCUT2D eigenvalue weighted by atomic mass is 10.1. The average Bonchev–Trinajstić information content (AvgIpc) is 3.62. The molecular weight excluding hydrogens is 410 g/mol. The van der Waals surface area contributed by atoms with Crippen LogP contribution in [0.4, 0.5) is 11.4 Å². The first-order valence-electron chi connectivity index (χ1n) is 10.4. The van der Waals surface area contributed by atoms with Crippen molar-refractivity contribution in [2.45, 2.75) is 19.4 Å². The van der Waals surface area contributed by atoms with Crippen molar-refractivity contribution in [1.82, 2.24) is 9.97 Å². The van der Waals surface area contributed by atoms with Gasteiger partial charge in [0.25, 0.3) is 0 Å². The maximum absolute atomic E-state index is 6.48. The van der Waals surface area contributed by atoms with Crippen LogP contribution in [0.2, 0.25) is 5.02 Å². The van der Waals surface area contributed by atoms with E-state index in [1.165, 1.54) is 12.8 Å². The van der Waals surface area contributed by atoms with Crippen LogP contribution in [0.15, 0.2) is 73.1 Å². The molecule has 0 saturated heterocycles. The maximum Gasteiger partial charge on any atom is 0.138 e. The predicted octanol–water partition coefficient (Wildman–Crippen LogP) is 6.39. The number of anilines is 2. The molecule has 6 heteroatoms. The molecule has 0 bridgehead atoms. The Balaban J connectivity index is 1.36. The molecular formula is C25H22ClN3O2. The highest BCUT2D eigenvalue weighted by Gasteiger charge is 2.22. The molecule has 1 fully saturated rings. The molecule has 0 unspecified atom stereocenters. The zero-order chi connectivity index (χ0) is 21.0. The molecule has 2 heterocycles. The molecule has 31 heavy (non-hydrogen) atoms. The average molecular weight is 432 g/mol. The lowest BCUT2D eigenvalue weighted by Crippen LogP contribution is -2.01. The number of pyridine rings is 2. The smallest absolute Gasteiger partial charge is 0.138 e. The quantitative estimate of drug-likeness (QED) is 0.350. The highest BCUT2D eigenvalue weighted by molar-refractivity contribution is 6.32. The molecule has 0 amide bonds. The highest BCUT2D eigenvalue weighted by Crippen LogP contribution is 2.36. The third-order valence-electron chi connectivity index (χ3n) is 5.21. The van der Waals surface area contributed by atoms with Crippen molar-refractivity contribution in [3.05, 3.63) is 83.8 Å². The number of hydrogen-bond acceptors (Lipinski definition) is 5. The Morgan fingerprint density at radius 3 is 2.65 bits per heavy atom. The summed E-state index contributed by atoms with van der Waals surface area (Å²) in [4.78, 5) is 8.77. The molecule has 5 nitrogen and oxygen atoms in total. The van der Waals surface area contributed by atoms with Crippen LogP contribution >= 0.6 is 11.6 Å². The zero-order valence-electron chi connectivity index (χ0n) is 16.9. The fraction of sp³-hybridized carbons (Fsp3) is 0.200. The minimum Gasteiger partial charge on any atom is -0.493 e. The topological polar surface area (TPSA) is 56.3 Å². The van der Waals surface area contributed by atoms with Crippen LogP contribution in [-0.4, -0.2) is 16.6 Å². The van der Waals surface area contributed by atoms with Gasteiger partial charge in [-0.25, -0.2) is 0 Å². The second kappa shape index (κ2) is 8.82. The highest BCUT2D eigenvalue weighted by atomic mass is 35.5. The van der Waals surface area contributed by atoms with Gasteiger partial charge in [-0.2, -0.15) is 0 Å². The molecule has 2 aromatic carbocycles. The fourth-order valence-electron chi connectivity index (χ4n) is 3.38. The molecule has 1 N–H and O–H groups in total. The van der Waals surface area contributed by atoms with Crippen LogP contribution in [0.3, 0.4) is 0 Å². The number of nitrogens with zero attached hydrogens (tertiary/aromatic N) is 2. The minimum absolute atomic E-state index is 0.365. The predicted molar refractivity (Wildman–Crippen MR) is 123 cm³/mol. The summed E-state index contributed by atoms with van der Waals surface area (Å²) < 4.78 is 11.9. The van der Waals surface area contributed by atoms with Gasteiger partial charge < -0.3 is 14.8 Å². The van der Waals surface area contributed by atoms with Crippen molar-refractivity contribution < 1.29 is 9.47 Å². The van der Waals surface area contributed by atoms with Gasteiger partial charge >= 0.3 is 0 Å². The van der Waals surface area contributed by atoms with Gasteiger partial charge in [0.1, 0.15) is 18.1 Å². The monoisotopic (exact) mass is 431 g/mol. The Hall–Kier alpha value is -3.31. The largest absolute Gasteiger partial charge is 0.493 e. The Bertz CT molecular complexity index is 1190. The molecule has 2 aromatic heterocycles. The summed E-state index contributed by atoms with van der Waals surface area (Å²) in [7, 11) is 0. The van der Waals surface area contributed by atoms with Gasteiger partial charge in [0.15, 0.2) is 0 Å². The number of nitrogens with one attached hydrogen (secondary N) is 1. The number of aromatic nitrogens is 2. The zero-order valence-corrected chi connectivity index (χ0v) is 17.7. The summed E-state index contributed by atoms with van der Waals surface area (Å²) in [5.74, 6) is 2.15. The van der Waals surface area contributed by atoms with Gasteiger partial charge in [-0.3, -0.25) is 9.97 Å². The molecule has 0 atom stereocenters. The molecule has 0 aliphatic heterocycles. The van der Waals surface area contributed by atoms with Crippen LogP contribution in [0.5, 0.6) is 11.5 Å². The Morgan fingerprint density at radius 1 is 0.903 bits per heavy atom. The fourth-order valence-corrected chi connectivity index (χ4v) is 3.61. The van der Waals surface area contributed by atoms with E-state index < -0.39 is 0 Å². The molecule has 1 saturated carbocycles. The SMILES string of the molecule is Clc1cc(Nc2ccnc3cccc(OCC4CC4)c23)ccc1OCc1ccccn1. The summed E-state index contributed by atoms with van der Waals surface area (Å²) in [6, 6.07) is 19.3. The Kier molecular flexibility index (Phi) is 5.59. The summed E-state index contributed by atoms with van der Waals surface area (Å²) in [6.45, 7) is 1.12. The first-order valence-corrected chi connectivity index (χ1v) is 10.7. The molecule has 156 valence electrons. The van der Waals surface area contributed by atoms with E-state index in [-0.39, 0.29) is 0 Å². The van der Waals surface area contributed by atoms with Crippen molar-refractivity contribution in [2.75, 3.05) is 11.9 Å². The molecule has 0 spiro atoms. The lowest BCUT2D eigenvalue weighted by Gasteiger charge is -2.15. The van der Waals surface area contributed by atoms with Crippen molar-refractivity contribution >= 4 is 33.9 Å². The molecule has 1 aliphatic rings. The number of fused-ring (bicyclic) bond motifs is 1. The first kappa shape index (κ1) is 19.6. The van der Waals surface area contributed by atoms with E-state index in [2.05, 4.69) is 15.3 Å². The minimum atomic E-state index is 0.365. The van der Waals surface area contributed by atoms with Gasteiger partial charge in [0, 0.05) is 18.1 Å². The van der Waals surface area contributed by atoms with Crippen LogP contribution < -0.4 is 14.8 Å². The number of ether oxygens (including phenoxy) is 2. The summed E-state index contributed by atoms with van der Waals surface area (Å²) >= 11 is 6.48. The van der Waals surface area contributed by atoms with Crippen molar-refractivity contribution in [3.63, 3.8) is 0 Å². The van der Waals surface area contributed by atoms with E-state index in [0.29, 0.717) is 23.3 Å². The van der Waals surface area contributed by atoms with Crippen LogP contribution in [0, 0.1) is 5.92 Å². The van der Waals surface area contributed by atoms with Crippen LogP contribution in [-0.2, 0) is 6.61 Å². The normalized spacial score (nSPS) is 13.2. The van der Waals surface area contributed by atoms with Gasteiger partial charge in [-0.1, -0.05) is 23.7 Å². The van der Waals surface area contributed by atoms with E-state index in [1.807, 2.05) is 60.7 Å². The van der Waals surface area contributed by atoms with Gasteiger partial charge in [0.2, 0.25) is 0 Å². The third kappa shape index (κ3) is 4.72. The maximum atomic E-state index is 6.48. The van der Waals surface area contributed by atoms with Gasteiger partial charge in [-0.05, 0) is 67.3 Å². The summed E-state index contributed by atoms with van der Waals surface area (Å²) in [5, 5.41) is 4.96. The Morgan fingerprint density at radius 2 is 1.84 bits per heavy atom. The van der Waals surface area contributed by atoms with E-state index in [1.54, 1.807) is 12.4 Å². The second-order valence-corrected chi connectivity index (χ2v) is 8.05. The standard InChI is InChI=1S/C25H22ClN3O2/c26-20-14-18(9-10-23(20)31-16-19-4-1-2-12-27-19)29-22-11-13-28-21-5-3-6-24(25(21)22)30-15-17-7-8-17/h1-6,9-14,17H,7-8,15-16H2,(H,28,29). The third-order valence-corrected chi connectivity index (χ3v) is 5.51. The second-order valence-electron chi connectivity index (χ2n) is 7.64. The van der Waals surface area contributed by atoms with Crippen molar-refractivity contribution in [1.29, 1.82) is 0 Å². The van der Waals surface area contributed by atoms with Gasteiger partial charge in [0.05, 0.1) is 33.9 Å². The van der Waals surface area contributed by atoms with Crippen LogP contribution in [0.1, 0.15) is 18.5 Å². The molecule has 5 rings (SSSR count). The van der Waals surface area contributed by atoms with E-state index in [4.69, 9.17) is 21.1 Å². The first-order chi connectivity index (χ1) is 15.3. The summed E-state index contributed by atoms with van der Waals surface area (Å²) in [5.41, 5.74) is 3.52. The Labute approximate surface area is 186 Å². The van der Waals surface area contributed by atoms with E-state index in [9.17, 15) is 0 Å². The number of benzene rings is 2. The molecule has 4 aromatic rings. The lowest BCUT2D eigenvalue weighted by molar-refractivity contribution is 0.301. The van der Waals surface area contributed by atoms with E-state index >= 15 is 0 Å². The summed E-state index contributed by atoms with van der Waals surface area (Å²) in [6.07, 6.45) is 6.04. The van der Waals surface area contributed by atoms with Crippen LogP contribution in [0.25, 0.3) is 10.9 Å². The van der Waals surface area contributed by atoms with E-state index in [0.717, 1.165) is 40.3 Å². The van der Waals surface area contributed by atoms with Crippen molar-refractivity contribution in [2.24, 2.45) is 5.92 Å². The number of halogens is 1. The number of rotatable bonds is 8. The number of hydrogen-bond donors (Lipinski definition) is 1.